The molecule has 0 bridgehead atoms. The van der Waals surface area contributed by atoms with E-state index in [4.69, 9.17) is 4.74 Å². The molecule has 110 valence electrons. The summed E-state index contributed by atoms with van der Waals surface area (Å²) in [5.74, 6) is 2.22. The summed E-state index contributed by atoms with van der Waals surface area (Å²) < 4.78 is 5.22. The van der Waals surface area contributed by atoms with Crippen LogP contribution in [0.15, 0.2) is 12.4 Å². The van der Waals surface area contributed by atoms with Gasteiger partial charge < -0.3 is 10.1 Å². The highest BCUT2D eigenvalue weighted by Gasteiger charge is 2.31. The van der Waals surface area contributed by atoms with Gasteiger partial charge in [0.25, 0.3) is 0 Å². The van der Waals surface area contributed by atoms with Crippen LogP contribution in [0.5, 0.6) is 0 Å². The van der Waals surface area contributed by atoms with E-state index < -0.39 is 0 Å². The van der Waals surface area contributed by atoms with E-state index in [0.29, 0.717) is 30.9 Å². The largest absolute Gasteiger partial charge is 0.449 e. The summed E-state index contributed by atoms with van der Waals surface area (Å²) in [6, 6.07) is 0. The second-order valence-electron chi connectivity index (χ2n) is 5.97. The Morgan fingerprint density at radius 1 is 1.40 bits per heavy atom. The van der Waals surface area contributed by atoms with Crippen molar-refractivity contribution in [3.63, 3.8) is 0 Å². The van der Waals surface area contributed by atoms with E-state index in [1.54, 1.807) is 0 Å². The van der Waals surface area contributed by atoms with Crippen molar-refractivity contribution in [2.45, 2.75) is 39.5 Å². The lowest BCUT2D eigenvalue weighted by atomic mass is 9.72. The van der Waals surface area contributed by atoms with Crippen LogP contribution in [-0.2, 0) is 4.74 Å². The maximum Gasteiger partial charge on any atom is 0.407 e. The number of carbonyl (C=O) groups excluding carboxylic acids is 1. The van der Waals surface area contributed by atoms with Crippen molar-refractivity contribution in [2.75, 3.05) is 13.2 Å². The highest BCUT2D eigenvalue weighted by molar-refractivity contribution is 5.67. The molecule has 1 fully saturated rings. The standard InChI is InChI=1S/C15H23N3O2/c1-10(2)6-18-15(19)20-9-12-4-13(5-12)14-7-16-11(3)17-8-14/h7-8,10,12-13H,4-6,9H2,1-3H3,(H,18,19). The Labute approximate surface area is 120 Å². The number of nitrogens with one attached hydrogen (secondary N) is 1. The number of hydrogen-bond donors (Lipinski definition) is 1. The molecule has 1 aromatic heterocycles. The van der Waals surface area contributed by atoms with E-state index in [2.05, 4.69) is 29.1 Å². The number of carbonyl (C=O) groups is 1. The van der Waals surface area contributed by atoms with Crippen LogP contribution in [0.1, 0.15) is 44.0 Å². The normalized spacial score (nSPS) is 21.4. The fourth-order valence-electron chi connectivity index (χ4n) is 2.29. The Balaban J connectivity index is 1.64. The minimum Gasteiger partial charge on any atom is -0.449 e. The summed E-state index contributed by atoms with van der Waals surface area (Å²) in [6.07, 6.45) is 5.59. The van der Waals surface area contributed by atoms with Crippen molar-refractivity contribution in [1.82, 2.24) is 15.3 Å². The van der Waals surface area contributed by atoms with E-state index >= 15 is 0 Å². The third-order valence-corrected chi connectivity index (χ3v) is 3.61. The van der Waals surface area contributed by atoms with Gasteiger partial charge >= 0.3 is 6.09 Å². The van der Waals surface area contributed by atoms with Gasteiger partial charge in [0.15, 0.2) is 0 Å². The van der Waals surface area contributed by atoms with E-state index in [1.807, 2.05) is 19.3 Å². The Morgan fingerprint density at radius 2 is 2.05 bits per heavy atom. The summed E-state index contributed by atoms with van der Waals surface area (Å²) >= 11 is 0. The van der Waals surface area contributed by atoms with Gasteiger partial charge in [-0.2, -0.15) is 0 Å². The number of alkyl carbamates (subject to hydrolysis) is 1. The molecule has 1 heterocycles. The number of hydrogen-bond acceptors (Lipinski definition) is 4. The lowest BCUT2D eigenvalue weighted by molar-refractivity contribution is 0.0939. The van der Waals surface area contributed by atoms with E-state index in [-0.39, 0.29) is 6.09 Å². The fraction of sp³-hybridized carbons (Fsp3) is 0.667. The second-order valence-corrected chi connectivity index (χ2v) is 5.97. The maximum atomic E-state index is 11.4. The Morgan fingerprint density at radius 3 is 2.65 bits per heavy atom. The summed E-state index contributed by atoms with van der Waals surface area (Å²) in [6.45, 7) is 7.16. The number of amides is 1. The second kappa shape index (κ2) is 6.68. The van der Waals surface area contributed by atoms with Crippen LogP contribution in [0, 0.1) is 18.8 Å². The van der Waals surface area contributed by atoms with Crippen LogP contribution in [0.4, 0.5) is 4.79 Å². The fourth-order valence-corrected chi connectivity index (χ4v) is 2.29. The van der Waals surface area contributed by atoms with Crippen LogP contribution < -0.4 is 5.32 Å². The van der Waals surface area contributed by atoms with Crippen LogP contribution in [-0.4, -0.2) is 29.2 Å². The number of ether oxygens (including phenoxy) is 1. The zero-order chi connectivity index (χ0) is 14.5. The number of aromatic nitrogens is 2. The smallest absolute Gasteiger partial charge is 0.407 e. The van der Waals surface area contributed by atoms with Crippen LogP contribution in [0.25, 0.3) is 0 Å². The summed E-state index contributed by atoms with van der Waals surface area (Å²) in [4.78, 5) is 19.9. The zero-order valence-corrected chi connectivity index (χ0v) is 12.4. The van der Waals surface area contributed by atoms with Crippen LogP contribution in [0.2, 0.25) is 0 Å². The van der Waals surface area contributed by atoms with Gasteiger partial charge in [-0.05, 0) is 43.1 Å². The topological polar surface area (TPSA) is 64.1 Å². The molecule has 1 aliphatic rings. The number of rotatable bonds is 5. The van der Waals surface area contributed by atoms with E-state index in [1.165, 1.54) is 5.56 Å². The van der Waals surface area contributed by atoms with E-state index in [9.17, 15) is 4.79 Å². The SMILES string of the molecule is Cc1ncc(C2CC(COC(=O)NCC(C)C)C2)cn1. The minimum atomic E-state index is -0.305. The van der Waals surface area contributed by atoms with Gasteiger partial charge in [0.2, 0.25) is 0 Å². The monoisotopic (exact) mass is 277 g/mol. The first-order valence-electron chi connectivity index (χ1n) is 7.23. The summed E-state index contributed by atoms with van der Waals surface area (Å²) in [7, 11) is 0. The third-order valence-electron chi connectivity index (χ3n) is 3.61. The van der Waals surface area contributed by atoms with Crippen molar-refractivity contribution in [3.05, 3.63) is 23.8 Å². The quantitative estimate of drug-likeness (QED) is 0.898. The average Bonchev–Trinajstić information content (AvgIpc) is 2.36. The molecule has 2 rings (SSSR count). The molecule has 0 unspecified atom stereocenters. The first-order chi connectivity index (χ1) is 9.54. The first-order valence-corrected chi connectivity index (χ1v) is 7.23. The van der Waals surface area contributed by atoms with Gasteiger partial charge in [0, 0.05) is 18.9 Å². The highest BCUT2D eigenvalue weighted by Crippen LogP contribution is 2.41. The lowest BCUT2D eigenvalue weighted by Crippen LogP contribution is -2.32. The molecule has 1 aromatic rings. The van der Waals surface area contributed by atoms with Crippen molar-refractivity contribution < 1.29 is 9.53 Å². The van der Waals surface area contributed by atoms with Gasteiger partial charge in [0.1, 0.15) is 5.82 Å². The number of aryl methyl sites for hydroxylation is 1. The molecule has 1 N–H and O–H groups in total. The molecule has 0 atom stereocenters. The number of nitrogens with zero attached hydrogens (tertiary/aromatic N) is 2. The van der Waals surface area contributed by atoms with Gasteiger partial charge in [-0.25, -0.2) is 14.8 Å². The maximum absolute atomic E-state index is 11.4. The van der Waals surface area contributed by atoms with Gasteiger partial charge in [0.05, 0.1) is 6.61 Å². The third kappa shape index (κ3) is 4.18. The zero-order valence-electron chi connectivity index (χ0n) is 12.4. The molecule has 5 nitrogen and oxygen atoms in total. The minimum absolute atomic E-state index is 0.305. The average molecular weight is 277 g/mol. The molecule has 0 saturated heterocycles. The van der Waals surface area contributed by atoms with Gasteiger partial charge in [-0.3, -0.25) is 0 Å². The molecule has 1 saturated carbocycles. The molecule has 1 amide bonds. The van der Waals surface area contributed by atoms with Crippen molar-refractivity contribution in [2.24, 2.45) is 11.8 Å². The highest BCUT2D eigenvalue weighted by atomic mass is 16.5. The molecule has 20 heavy (non-hydrogen) atoms. The van der Waals surface area contributed by atoms with Crippen LogP contribution in [0.3, 0.4) is 0 Å². The lowest BCUT2D eigenvalue weighted by Gasteiger charge is -2.34. The molecule has 1 aliphatic carbocycles. The van der Waals surface area contributed by atoms with Crippen LogP contribution >= 0.6 is 0 Å². The Bertz CT molecular complexity index is 439. The predicted molar refractivity (Wildman–Crippen MR) is 76.4 cm³/mol. The van der Waals surface area contributed by atoms with Crippen molar-refractivity contribution in [1.29, 1.82) is 0 Å². The molecule has 0 spiro atoms. The van der Waals surface area contributed by atoms with Crippen molar-refractivity contribution in [3.8, 4) is 0 Å². The molecule has 0 aliphatic heterocycles. The molecule has 0 aromatic carbocycles. The van der Waals surface area contributed by atoms with Crippen molar-refractivity contribution >= 4 is 6.09 Å². The Hall–Kier alpha value is -1.65. The predicted octanol–water partition coefficient (Wildman–Crippen LogP) is 2.66. The van der Waals surface area contributed by atoms with Gasteiger partial charge in [-0.1, -0.05) is 13.8 Å². The van der Waals surface area contributed by atoms with E-state index in [0.717, 1.165) is 18.7 Å². The van der Waals surface area contributed by atoms with Gasteiger partial charge in [-0.15, -0.1) is 0 Å². The summed E-state index contributed by atoms with van der Waals surface area (Å²) in [5.41, 5.74) is 1.19. The molecular weight excluding hydrogens is 254 g/mol. The first kappa shape index (κ1) is 14.8. The molecule has 0 radical (unpaired) electrons. The Kier molecular flexibility index (Phi) is 4.93. The summed E-state index contributed by atoms with van der Waals surface area (Å²) in [5, 5.41) is 2.75. The molecule has 5 heteroatoms. The molecular formula is C15H23N3O2.